The molecule has 1 aromatic carbocycles. The molecule has 2 aliphatic rings. The van der Waals surface area contributed by atoms with Crippen LogP contribution in [0.15, 0.2) is 17.0 Å². The minimum absolute atomic E-state index is 0.0514. The predicted molar refractivity (Wildman–Crippen MR) is 77.6 cm³/mol. The van der Waals surface area contributed by atoms with Gasteiger partial charge in [0.1, 0.15) is 0 Å². The van der Waals surface area contributed by atoms with Crippen LogP contribution in [-0.2, 0) is 9.84 Å². The van der Waals surface area contributed by atoms with Gasteiger partial charge in [-0.1, -0.05) is 6.42 Å². The molecule has 0 radical (unpaired) electrons. The van der Waals surface area contributed by atoms with Gasteiger partial charge in [-0.3, -0.25) is 0 Å². The van der Waals surface area contributed by atoms with Crippen LogP contribution in [0.25, 0.3) is 0 Å². The molecule has 8 heteroatoms. The zero-order chi connectivity index (χ0) is 16.8. The molecule has 0 aromatic heterocycles. The van der Waals surface area contributed by atoms with Crippen molar-refractivity contribution in [2.75, 3.05) is 6.26 Å². The number of alkyl halides is 2. The fourth-order valence-electron chi connectivity index (χ4n) is 3.06. The topological polar surface area (TPSA) is 72.8 Å². The lowest BCUT2D eigenvalue weighted by Gasteiger charge is -2.24. The van der Waals surface area contributed by atoms with E-state index in [9.17, 15) is 22.3 Å². The van der Waals surface area contributed by atoms with E-state index in [2.05, 4.69) is 4.74 Å². The molecule has 0 saturated heterocycles. The first kappa shape index (κ1) is 16.4. The highest BCUT2D eigenvalue weighted by atomic mass is 32.2. The molecule has 1 aromatic rings. The van der Waals surface area contributed by atoms with Crippen LogP contribution in [0.2, 0.25) is 0 Å². The van der Waals surface area contributed by atoms with E-state index < -0.39 is 27.6 Å². The number of rotatable bonds is 3. The molecule has 1 heterocycles. The van der Waals surface area contributed by atoms with E-state index in [0.29, 0.717) is 0 Å². The minimum Gasteiger partial charge on any atom is -0.487 e. The number of aliphatic hydroxyl groups excluding tert-OH is 1. The van der Waals surface area contributed by atoms with E-state index in [-0.39, 0.29) is 22.5 Å². The Morgan fingerprint density at radius 1 is 1.26 bits per heavy atom. The van der Waals surface area contributed by atoms with E-state index >= 15 is 0 Å². The third-order valence-corrected chi connectivity index (χ3v) is 5.35. The van der Waals surface area contributed by atoms with Crippen molar-refractivity contribution in [3.8, 4) is 11.5 Å². The number of sulfone groups is 1. The Morgan fingerprint density at radius 3 is 2.52 bits per heavy atom. The summed E-state index contributed by atoms with van der Waals surface area (Å²) >= 11 is 0. The van der Waals surface area contributed by atoms with Crippen LogP contribution in [0.5, 0.6) is 11.5 Å². The number of hydrogen-bond acceptors (Lipinski definition) is 5. The van der Waals surface area contributed by atoms with Gasteiger partial charge in [0.05, 0.1) is 16.6 Å². The average Bonchev–Trinajstić information content (AvgIpc) is 2.71. The second-order valence-electron chi connectivity index (χ2n) is 6.02. The monoisotopic (exact) mass is 348 g/mol. The van der Waals surface area contributed by atoms with Crippen LogP contribution in [0.3, 0.4) is 0 Å². The van der Waals surface area contributed by atoms with Gasteiger partial charge in [0.25, 0.3) is 0 Å². The molecule has 1 N–H and O–H groups in total. The molecule has 5 nitrogen and oxygen atoms in total. The van der Waals surface area contributed by atoms with Crippen molar-refractivity contribution in [1.29, 1.82) is 0 Å². The van der Waals surface area contributed by atoms with Gasteiger partial charge in [-0.2, -0.15) is 8.78 Å². The molecule has 1 aliphatic carbocycles. The molecule has 0 amide bonds. The molecule has 0 bridgehead atoms. The summed E-state index contributed by atoms with van der Waals surface area (Å²) in [6, 6.07) is 2.50. The van der Waals surface area contributed by atoms with Gasteiger partial charge < -0.3 is 14.6 Å². The van der Waals surface area contributed by atoms with Crippen molar-refractivity contribution in [2.45, 2.75) is 55.3 Å². The van der Waals surface area contributed by atoms with Crippen LogP contribution >= 0.6 is 0 Å². The first-order valence-electron chi connectivity index (χ1n) is 7.48. The fourth-order valence-corrected chi connectivity index (χ4v) is 3.98. The molecule has 1 fully saturated rings. The third-order valence-electron chi connectivity index (χ3n) is 4.20. The highest BCUT2D eigenvalue weighted by Crippen LogP contribution is 2.52. The summed E-state index contributed by atoms with van der Waals surface area (Å²) in [5.41, 5.74) is -0.425. The van der Waals surface area contributed by atoms with Crippen molar-refractivity contribution in [3.63, 3.8) is 0 Å². The maximum absolute atomic E-state index is 13.7. The largest absolute Gasteiger partial charge is 0.487 e. The van der Waals surface area contributed by atoms with Crippen molar-refractivity contribution in [2.24, 2.45) is 0 Å². The van der Waals surface area contributed by atoms with E-state index in [1.807, 2.05) is 0 Å². The highest BCUT2D eigenvalue weighted by molar-refractivity contribution is 7.90. The number of hydrogen-bond donors (Lipinski definition) is 1. The Kier molecular flexibility index (Phi) is 4.00. The second kappa shape index (κ2) is 5.59. The van der Waals surface area contributed by atoms with Crippen molar-refractivity contribution in [1.82, 2.24) is 0 Å². The van der Waals surface area contributed by atoms with Crippen molar-refractivity contribution in [3.05, 3.63) is 17.7 Å². The van der Waals surface area contributed by atoms with Crippen LogP contribution < -0.4 is 9.47 Å². The summed E-state index contributed by atoms with van der Waals surface area (Å²) in [4.78, 5) is -0.367. The number of ether oxygens (including phenoxy) is 2. The van der Waals surface area contributed by atoms with Crippen LogP contribution in [0.4, 0.5) is 8.78 Å². The first-order chi connectivity index (χ1) is 10.7. The van der Waals surface area contributed by atoms with E-state index in [0.717, 1.165) is 38.4 Å². The molecule has 1 aliphatic heterocycles. The predicted octanol–water partition coefficient (Wildman–Crippen LogP) is 2.82. The van der Waals surface area contributed by atoms with Gasteiger partial charge in [0.2, 0.25) is 0 Å². The number of halogens is 2. The van der Waals surface area contributed by atoms with Crippen LogP contribution in [-0.4, -0.2) is 32.0 Å². The van der Waals surface area contributed by atoms with E-state index in [1.165, 1.54) is 12.1 Å². The summed E-state index contributed by atoms with van der Waals surface area (Å²) in [5, 5.41) is 9.79. The average molecular weight is 348 g/mol. The Labute approximate surface area is 133 Å². The molecular weight excluding hydrogens is 330 g/mol. The summed E-state index contributed by atoms with van der Waals surface area (Å²) < 4.78 is 61.4. The molecule has 1 saturated carbocycles. The Balaban J connectivity index is 2.04. The lowest BCUT2D eigenvalue weighted by atomic mass is 9.98. The zero-order valence-electron chi connectivity index (χ0n) is 12.6. The van der Waals surface area contributed by atoms with Gasteiger partial charge >= 0.3 is 6.11 Å². The molecule has 128 valence electrons. The lowest BCUT2D eigenvalue weighted by Crippen LogP contribution is -2.26. The maximum Gasteiger partial charge on any atom is 0.429 e. The van der Waals surface area contributed by atoms with Crippen LogP contribution in [0.1, 0.15) is 43.8 Å². The molecule has 23 heavy (non-hydrogen) atoms. The smallest absolute Gasteiger partial charge is 0.429 e. The van der Waals surface area contributed by atoms with E-state index in [4.69, 9.17) is 4.74 Å². The Bertz CT molecular complexity index is 711. The molecule has 0 spiro atoms. The quantitative estimate of drug-likeness (QED) is 0.909. The van der Waals surface area contributed by atoms with Crippen molar-refractivity contribution < 1.29 is 31.8 Å². The number of fused-ring (bicyclic) bond motifs is 1. The van der Waals surface area contributed by atoms with Gasteiger partial charge in [-0.05, 0) is 37.8 Å². The summed E-state index contributed by atoms with van der Waals surface area (Å²) in [5.74, 6) is -0.327. The maximum atomic E-state index is 13.7. The number of benzene rings is 1. The molecular formula is C15H18F2O5S. The standard InChI is InChI=1S/C15H18F2O5S/c1-23(19,20)11-8-7-10(21-9-5-3-2-4-6-9)13-12(11)14(18)15(16,17)22-13/h7-9,14,18H,2-6H2,1H3/t14-/m0/s1. The van der Waals surface area contributed by atoms with Gasteiger partial charge in [-0.15, -0.1) is 0 Å². The molecule has 0 unspecified atom stereocenters. The third kappa shape index (κ3) is 3.01. The van der Waals surface area contributed by atoms with E-state index in [1.54, 1.807) is 0 Å². The second-order valence-corrected chi connectivity index (χ2v) is 8.01. The SMILES string of the molecule is CS(=O)(=O)c1ccc(OC2CCCCC2)c2c1[C@H](O)C(F)(F)O2. The van der Waals surface area contributed by atoms with Crippen molar-refractivity contribution >= 4 is 9.84 Å². The Morgan fingerprint density at radius 2 is 1.91 bits per heavy atom. The highest BCUT2D eigenvalue weighted by Gasteiger charge is 2.53. The van der Waals surface area contributed by atoms with Crippen LogP contribution in [0, 0.1) is 0 Å². The lowest BCUT2D eigenvalue weighted by molar-refractivity contribution is -0.224. The Hall–Kier alpha value is -1.41. The normalized spacial score (nSPS) is 24.1. The molecule has 1 atom stereocenters. The first-order valence-corrected chi connectivity index (χ1v) is 9.38. The summed E-state index contributed by atoms with van der Waals surface area (Å²) in [6.45, 7) is 0. The summed E-state index contributed by atoms with van der Waals surface area (Å²) in [6.07, 6.45) is -0.728. The minimum atomic E-state index is -3.88. The number of aliphatic hydroxyl groups is 1. The zero-order valence-corrected chi connectivity index (χ0v) is 13.4. The van der Waals surface area contributed by atoms with Gasteiger partial charge in [0, 0.05) is 6.26 Å². The summed E-state index contributed by atoms with van der Waals surface area (Å²) in [7, 11) is -3.79. The van der Waals surface area contributed by atoms with Gasteiger partial charge in [0.15, 0.2) is 27.4 Å². The fraction of sp³-hybridized carbons (Fsp3) is 0.600. The molecule has 3 rings (SSSR count). The van der Waals surface area contributed by atoms with Gasteiger partial charge in [-0.25, -0.2) is 8.42 Å².